The van der Waals surface area contributed by atoms with Crippen molar-refractivity contribution in [3.05, 3.63) is 224 Å². The fourth-order valence-electron chi connectivity index (χ4n) is 8.00. The van der Waals surface area contributed by atoms with Gasteiger partial charge in [-0.25, -0.2) is 0 Å². The molecule has 0 atom stereocenters. The van der Waals surface area contributed by atoms with Crippen LogP contribution in [0.25, 0.3) is 77.6 Å². The average Bonchev–Trinajstić information content (AvgIpc) is 3.67. The van der Waals surface area contributed by atoms with Crippen molar-refractivity contribution >= 4 is 38.8 Å². The zero-order chi connectivity index (χ0) is 37.3. The summed E-state index contributed by atoms with van der Waals surface area (Å²) < 4.78 is 6.68. The number of rotatable bonds is 8. The second-order valence-electron chi connectivity index (χ2n) is 14.1. The van der Waals surface area contributed by atoms with E-state index < -0.39 is 0 Å². The molecule has 0 saturated heterocycles. The highest BCUT2D eigenvalue weighted by Crippen LogP contribution is 2.45. The van der Waals surface area contributed by atoms with Crippen molar-refractivity contribution in [2.45, 2.75) is 0 Å². The fourth-order valence-corrected chi connectivity index (χ4v) is 8.00. The van der Waals surface area contributed by atoms with Gasteiger partial charge in [0.25, 0.3) is 0 Å². The van der Waals surface area contributed by atoms with Crippen molar-refractivity contribution in [2.75, 3.05) is 4.90 Å². The Morgan fingerprint density at radius 3 is 1.39 bits per heavy atom. The lowest BCUT2D eigenvalue weighted by Gasteiger charge is -2.26. The Morgan fingerprint density at radius 1 is 0.286 bits per heavy atom. The van der Waals surface area contributed by atoms with E-state index in [-0.39, 0.29) is 0 Å². The van der Waals surface area contributed by atoms with E-state index >= 15 is 0 Å². The summed E-state index contributed by atoms with van der Waals surface area (Å²) in [6.07, 6.45) is 0. The summed E-state index contributed by atoms with van der Waals surface area (Å²) >= 11 is 0. The summed E-state index contributed by atoms with van der Waals surface area (Å²) in [6, 6.07) is 79.8. The monoisotopic (exact) mass is 715 g/mol. The minimum absolute atomic E-state index is 0.878. The van der Waals surface area contributed by atoms with Crippen molar-refractivity contribution in [3.8, 4) is 55.8 Å². The zero-order valence-corrected chi connectivity index (χ0v) is 30.7. The van der Waals surface area contributed by atoms with Gasteiger partial charge in [0, 0.05) is 33.6 Å². The molecule has 0 spiro atoms. The maximum atomic E-state index is 6.68. The molecule has 10 rings (SSSR count). The number of furan rings is 1. The molecule has 9 aromatic carbocycles. The Morgan fingerprint density at radius 2 is 0.732 bits per heavy atom. The summed E-state index contributed by atoms with van der Waals surface area (Å²) in [5.41, 5.74) is 14.5. The van der Waals surface area contributed by atoms with Crippen LogP contribution in [-0.4, -0.2) is 0 Å². The van der Waals surface area contributed by atoms with Crippen molar-refractivity contribution in [2.24, 2.45) is 0 Å². The molecule has 0 N–H and O–H groups in total. The van der Waals surface area contributed by atoms with Crippen LogP contribution in [-0.2, 0) is 0 Å². The molecule has 0 unspecified atom stereocenters. The molecule has 264 valence electrons. The lowest BCUT2D eigenvalue weighted by atomic mass is 9.93. The highest BCUT2D eigenvalue weighted by Gasteiger charge is 2.21. The maximum absolute atomic E-state index is 6.68. The molecule has 0 fully saturated rings. The Kier molecular flexibility index (Phi) is 8.55. The summed E-state index contributed by atoms with van der Waals surface area (Å²) in [5.74, 6) is 0.878. The van der Waals surface area contributed by atoms with E-state index in [0.29, 0.717) is 0 Å². The van der Waals surface area contributed by atoms with Gasteiger partial charge in [0.05, 0.1) is 0 Å². The first-order valence-electron chi connectivity index (χ1n) is 19.1. The van der Waals surface area contributed by atoms with Gasteiger partial charge < -0.3 is 9.32 Å². The van der Waals surface area contributed by atoms with Gasteiger partial charge in [-0.3, -0.25) is 0 Å². The number of nitrogens with zero attached hydrogens (tertiary/aromatic N) is 1. The predicted molar refractivity (Wildman–Crippen MR) is 236 cm³/mol. The Labute approximate surface area is 327 Å². The van der Waals surface area contributed by atoms with Crippen molar-refractivity contribution < 1.29 is 4.42 Å². The molecule has 0 amide bonds. The third-order valence-electron chi connectivity index (χ3n) is 10.7. The molecule has 2 nitrogen and oxygen atoms in total. The molecule has 0 radical (unpaired) electrons. The first-order valence-corrected chi connectivity index (χ1v) is 19.1. The molecule has 0 saturated carbocycles. The van der Waals surface area contributed by atoms with E-state index in [2.05, 4.69) is 223 Å². The molecule has 2 heteroatoms. The molecular formula is C54H37NO. The number of hydrogen-bond donors (Lipinski definition) is 0. The number of hydrogen-bond acceptors (Lipinski definition) is 2. The minimum Gasteiger partial charge on any atom is -0.455 e. The molecule has 1 aromatic heterocycles. The van der Waals surface area contributed by atoms with Gasteiger partial charge in [0.1, 0.15) is 11.3 Å². The highest BCUT2D eigenvalue weighted by atomic mass is 16.3. The standard InChI is InChI=1S/C54H37NO/c1-3-14-38(15-4-1)39-26-32-44(33-27-39)55(45-34-28-41(29-35-45)48-24-13-19-40-16-7-8-20-47(40)48)46-36-30-42(31-37-46)49-21-9-10-22-50(49)54-53(43-17-5-2-6-18-43)51-23-11-12-25-52(51)56-54/h1-37H. The Balaban J connectivity index is 1.06. The third-order valence-corrected chi connectivity index (χ3v) is 10.7. The van der Waals surface area contributed by atoms with Crippen LogP contribution in [0, 0.1) is 0 Å². The molecule has 1 heterocycles. The molecule has 0 bridgehead atoms. The van der Waals surface area contributed by atoms with Crippen LogP contribution in [0.5, 0.6) is 0 Å². The van der Waals surface area contributed by atoms with Gasteiger partial charge in [-0.1, -0.05) is 182 Å². The lowest BCUT2D eigenvalue weighted by Crippen LogP contribution is -2.09. The summed E-state index contributed by atoms with van der Waals surface area (Å²) in [7, 11) is 0. The number of fused-ring (bicyclic) bond motifs is 2. The molecule has 0 aliphatic carbocycles. The largest absolute Gasteiger partial charge is 0.455 e. The van der Waals surface area contributed by atoms with Crippen LogP contribution in [0.15, 0.2) is 229 Å². The summed E-state index contributed by atoms with van der Waals surface area (Å²) in [5, 5.41) is 3.61. The Hall–Kier alpha value is -7.42. The minimum atomic E-state index is 0.878. The predicted octanol–water partition coefficient (Wildman–Crippen LogP) is 15.4. The van der Waals surface area contributed by atoms with Crippen LogP contribution in [0.4, 0.5) is 17.1 Å². The smallest absolute Gasteiger partial charge is 0.143 e. The average molecular weight is 716 g/mol. The second kappa shape index (κ2) is 14.4. The second-order valence-corrected chi connectivity index (χ2v) is 14.1. The topological polar surface area (TPSA) is 16.4 Å². The van der Waals surface area contributed by atoms with E-state index in [1.807, 2.05) is 6.07 Å². The van der Waals surface area contributed by atoms with Crippen LogP contribution >= 0.6 is 0 Å². The van der Waals surface area contributed by atoms with E-state index in [0.717, 1.165) is 61.6 Å². The first-order chi connectivity index (χ1) is 27.8. The summed E-state index contributed by atoms with van der Waals surface area (Å²) in [4.78, 5) is 2.34. The third kappa shape index (κ3) is 6.14. The van der Waals surface area contributed by atoms with Gasteiger partial charge in [-0.15, -0.1) is 0 Å². The number of anilines is 3. The molecular weight excluding hydrogens is 679 g/mol. The van der Waals surface area contributed by atoms with Gasteiger partial charge in [-0.05, 0) is 92.2 Å². The molecule has 56 heavy (non-hydrogen) atoms. The highest BCUT2D eigenvalue weighted by molar-refractivity contribution is 6.04. The molecule has 0 aliphatic heterocycles. The van der Waals surface area contributed by atoms with Crippen molar-refractivity contribution in [3.63, 3.8) is 0 Å². The van der Waals surface area contributed by atoms with Gasteiger partial charge in [0.2, 0.25) is 0 Å². The van der Waals surface area contributed by atoms with Crippen LogP contribution in [0.3, 0.4) is 0 Å². The molecule has 0 aliphatic rings. The van der Waals surface area contributed by atoms with Gasteiger partial charge >= 0.3 is 0 Å². The van der Waals surface area contributed by atoms with Crippen LogP contribution in [0.1, 0.15) is 0 Å². The van der Waals surface area contributed by atoms with E-state index in [4.69, 9.17) is 4.42 Å². The fraction of sp³-hybridized carbons (Fsp3) is 0. The quantitative estimate of drug-likeness (QED) is 0.156. The number of benzene rings is 9. The number of para-hydroxylation sites is 1. The normalized spacial score (nSPS) is 11.2. The Bertz CT molecular complexity index is 2920. The van der Waals surface area contributed by atoms with Crippen molar-refractivity contribution in [1.82, 2.24) is 0 Å². The zero-order valence-electron chi connectivity index (χ0n) is 30.7. The van der Waals surface area contributed by atoms with Gasteiger partial charge in [0.15, 0.2) is 0 Å². The summed E-state index contributed by atoms with van der Waals surface area (Å²) in [6.45, 7) is 0. The van der Waals surface area contributed by atoms with Crippen LogP contribution in [0.2, 0.25) is 0 Å². The van der Waals surface area contributed by atoms with Crippen molar-refractivity contribution in [1.29, 1.82) is 0 Å². The van der Waals surface area contributed by atoms with Crippen LogP contribution < -0.4 is 4.90 Å². The van der Waals surface area contributed by atoms with E-state index in [1.54, 1.807) is 0 Å². The van der Waals surface area contributed by atoms with E-state index in [1.165, 1.54) is 33.0 Å². The first kappa shape index (κ1) is 33.2. The van der Waals surface area contributed by atoms with E-state index in [9.17, 15) is 0 Å². The molecule has 10 aromatic rings. The SMILES string of the molecule is c1ccc(-c2ccc(N(c3ccc(-c4ccccc4-c4oc5ccccc5c4-c4ccccc4)cc3)c3ccc(-c4cccc5ccccc45)cc3)cc2)cc1. The lowest BCUT2D eigenvalue weighted by molar-refractivity contribution is 0.632. The van der Waals surface area contributed by atoms with Gasteiger partial charge in [-0.2, -0.15) is 0 Å². The maximum Gasteiger partial charge on any atom is 0.143 e.